The topological polar surface area (TPSA) is 35.2 Å². The number of halogens is 1. The molecule has 1 aromatic rings. The number of methoxy groups -OCH3 is 1. The van der Waals surface area contributed by atoms with E-state index in [9.17, 15) is 0 Å². The summed E-state index contributed by atoms with van der Waals surface area (Å²) in [4.78, 5) is 0. The first-order valence-corrected chi connectivity index (χ1v) is 4.17. The van der Waals surface area contributed by atoms with Crippen molar-refractivity contribution >= 4 is 12.4 Å². The van der Waals surface area contributed by atoms with E-state index in [-0.39, 0.29) is 12.4 Å². The molecule has 0 unspecified atom stereocenters. The molecule has 0 saturated carbocycles. The number of hydrogen-bond acceptors (Lipinski definition) is 2. The Morgan fingerprint density at radius 2 is 2.00 bits per heavy atom. The molecular formula is C10H16ClNO. The zero-order chi connectivity index (χ0) is 8.97. The van der Waals surface area contributed by atoms with Gasteiger partial charge in [0.25, 0.3) is 0 Å². The molecule has 1 aromatic carbocycles. The summed E-state index contributed by atoms with van der Waals surface area (Å²) in [5.74, 6) is 0.907. The number of ether oxygens (including phenoxy) is 1. The van der Waals surface area contributed by atoms with Crippen molar-refractivity contribution in [3.05, 3.63) is 29.3 Å². The average Bonchev–Trinajstić information content (AvgIpc) is 2.16. The van der Waals surface area contributed by atoms with Crippen molar-refractivity contribution in [2.75, 3.05) is 7.11 Å². The van der Waals surface area contributed by atoms with Crippen LogP contribution in [0.5, 0.6) is 5.75 Å². The highest BCUT2D eigenvalue weighted by molar-refractivity contribution is 5.85. The van der Waals surface area contributed by atoms with Crippen molar-refractivity contribution < 1.29 is 4.74 Å². The molecule has 0 aliphatic heterocycles. The van der Waals surface area contributed by atoms with E-state index in [1.54, 1.807) is 7.11 Å². The van der Waals surface area contributed by atoms with Crippen LogP contribution in [0.25, 0.3) is 0 Å². The van der Waals surface area contributed by atoms with E-state index in [0.717, 1.165) is 12.2 Å². The Morgan fingerprint density at radius 3 is 2.46 bits per heavy atom. The normalized spacial score (nSPS) is 9.15. The fraction of sp³-hybridized carbons (Fsp3) is 0.400. The molecule has 0 heterocycles. The molecular weight excluding hydrogens is 186 g/mol. The maximum Gasteiger partial charge on any atom is 0.119 e. The fourth-order valence-corrected chi connectivity index (χ4v) is 1.26. The first kappa shape index (κ1) is 12.3. The second kappa shape index (κ2) is 5.84. The molecule has 2 N–H and O–H groups in total. The summed E-state index contributed by atoms with van der Waals surface area (Å²) in [5, 5.41) is 0. The second-order valence-electron chi connectivity index (χ2n) is 2.69. The molecule has 1 rings (SSSR count). The molecule has 3 heteroatoms. The van der Waals surface area contributed by atoms with Crippen molar-refractivity contribution in [3.63, 3.8) is 0 Å². The fourth-order valence-electron chi connectivity index (χ4n) is 1.26. The van der Waals surface area contributed by atoms with Crippen molar-refractivity contribution in [2.24, 2.45) is 5.73 Å². The third kappa shape index (κ3) is 2.90. The van der Waals surface area contributed by atoms with Gasteiger partial charge in [-0.15, -0.1) is 12.4 Å². The van der Waals surface area contributed by atoms with Gasteiger partial charge in [-0.25, -0.2) is 0 Å². The van der Waals surface area contributed by atoms with Gasteiger partial charge in [0.1, 0.15) is 5.75 Å². The summed E-state index contributed by atoms with van der Waals surface area (Å²) in [6.07, 6.45) is 1.00. The Labute approximate surface area is 85.5 Å². The Hall–Kier alpha value is -0.730. The van der Waals surface area contributed by atoms with Crippen molar-refractivity contribution in [3.8, 4) is 5.75 Å². The Bertz CT molecular complexity index is 263. The predicted molar refractivity (Wildman–Crippen MR) is 57.5 cm³/mol. The smallest absolute Gasteiger partial charge is 0.119 e. The summed E-state index contributed by atoms with van der Waals surface area (Å²) >= 11 is 0. The molecule has 0 amide bonds. The van der Waals surface area contributed by atoms with Gasteiger partial charge in [-0.3, -0.25) is 0 Å². The predicted octanol–water partition coefficient (Wildman–Crippen LogP) is 2.14. The van der Waals surface area contributed by atoms with Crippen LogP contribution in [0.15, 0.2) is 18.2 Å². The first-order chi connectivity index (χ1) is 5.81. The first-order valence-electron chi connectivity index (χ1n) is 4.17. The number of benzene rings is 1. The van der Waals surface area contributed by atoms with Crippen LogP contribution in [-0.2, 0) is 13.0 Å². The average molecular weight is 202 g/mol. The van der Waals surface area contributed by atoms with Crippen LogP contribution >= 0.6 is 12.4 Å². The van der Waals surface area contributed by atoms with Gasteiger partial charge < -0.3 is 10.5 Å². The summed E-state index contributed by atoms with van der Waals surface area (Å²) in [7, 11) is 1.68. The van der Waals surface area contributed by atoms with Crippen LogP contribution in [0.3, 0.4) is 0 Å². The molecule has 0 radical (unpaired) electrons. The molecule has 0 fully saturated rings. The third-order valence-electron chi connectivity index (χ3n) is 2.01. The van der Waals surface area contributed by atoms with E-state index in [0.29, 0.717) is 6.54 Å². The van der Waals surface area contributed by atoms with Crippen LogP contribution in [0.1, 0.15) is 18.1 Å². The van der Waals surface area contributed by atoms with Crippen LogP contribution in [0, 0.1) is 0 Å². The summed E-state index contributed by atoms with van der Waals surface area (Å²) in [6, 6.07) is 6.02. The molecule has 0 saturated heterocycles. The number of nitrogens with two attached hydrogens (primary N) is 1. The highest BCUT2D eigenvalue weighted by atomic mass is 35.5. The number of rotatable bonds is 3. The minimum Gasteiger partial charge on any atom is -0.497 e. The molecule has 0 bridgehead atoms. The van der Waals surface area contributed by atoms with Crippen LogP contribution in [-0.4, -0.2) is 7.11 Å². The molecule has 0 aliphatic rings. The SMILES string of the molecule is CCc1cc(OC)ccc1CN.Cl. The van der Waals surface area contributed by atoms with Gasteiger partial charge in [0.05, 0.1) is 7.11 Å². The lowest BCUT2D eigenvalue weighted by molar-refractivity contribution is 0.414. The Kier molecular flexibility index (Phi) is 5.51. The van der Waals surface area contributed by atoms with Gasteiger partial charge in [-0.2, -0.15) is 0 Å². The Balaban J connectivity index is 0.00000144. The summed E-state index contributed by atoms with van der Waals surface area (Å²) in [5.41, 5.74) is 8.06. The quantitative estimate of drug-likeness (QED) is 0.814. The molecule has 2 nitrogen and oxygen atoms in total. The van der Waals surface area contributed by atoms with Gasteiger partial charge in [0.15, 0.2) is 0 Å². The molecule has 0 aliphatic carbocycles. The van der Waals surface area contributed by atoms with Crippen molar-refractivity contribution in [1.82, 2.24) is 0 Å². The van der Waals surface area contributed by atoms with Crippen molar-refractivity contribution in [2.45, 2.75) is 19.9 Å². The van der Waals surface area contributed by atoms with E-state index in [2.05, 4.69) is 6.92 Å². The lowest BCUT2D eigenvalue weighted by atomic mass is 10.1. The zero-order valence-electron chi connectivity index (χ0n) is 8.04. The monoisotopic (exact) mass is 201 g/mol. The number of hydrogen-bond donors (Lipinski definition) is 1. The van der Waals surface area contributed by atoms with Crippen molar-refractivity contribution in [1.29, 1.82) is 0 Å². The molecule has 0 aromatic heterocycles. The molecule has 0 spiro atoms. The number of aryl methyl sites for hydroxylation is 1. The largest absolute Gasteiger partial charge is 0.497 e. The zero-order valence-corrected chi connectivity index (χ0v) is 8.86. The lowest BCUT2D eigenvalue weighted by Gasteiger charge is -2.07. The second-order valence-corrected chi connectivity index (χ2v) is 2.69. The summed E-state index contributed by atoms with van der Waals surface area (Å²) in [6.45, 7) is 2.72. The molecule has 0 atom stereocenters. The summed E-state index contributed by atoms with van der Waals surface area (Å²) < 4.78 is 5.12. The van der Waals surface area contributed by atoms with Gasteiger partial charge in [-0.05, 0) is 29.7 Å². The van der Waals surface area contributed by atoms with E-state index in [4.69, 9.17) is 10.5 Å². The van der Waals surface area contributed by atoms with E-state index in [1.165, 1.54) is 11.1 Å². The van der Waals surface area contributed by atoms with Crippen LogP contribution in [0.2, 0.25) is 0 Å². The minimum atomic E-state index is 0. The van der Waals surface area contributed by atoms with E-state index in [1.807, 2.05) is 18.2 Å². The van der Waals surface area contributed by atoms with Gasteiger partial charge in [0, 0.05) is 6.54 Å². The highest BCUT2D eigenvalue weighted by Crippen LogP contribution is 2.17. The van der Waals surface area contributed by atoms with Gasteiger partial charge in [0.2, 0.25) is 0 Å². The lowest BCUT2D eigenvalue weighted by Crippen LogP contribution is -2.01. The standard InChI is InChI=1S/C10H15NO.ClH/c1-3-8-6-10(12-2)5-4-9(8)7-11;/h4-6H,3,7,11H2,1-2H3;1H. The molecule has 74 valence electrons. The van der Waals surface area contributed by atoms with Crippen LogP contribution < -0.4 is 10.5 Å². The van der Waals surface area contributed by atoms with Gasteiger partial charge >= 0.3 is 0 Å². The Morgan fingerprint density at radius 1 is 1.31 bits per heavy atom. The highest BCUT2D eigenvalue weighted by Gasteiger charge is 1.99. The third-order valence-corrected chi connectivity index (χ3v) is 2.01. The molecule has 13 heavy (non-hydrogen) atoms. The maximum atomic E-state index is 5.58. The van der Waals surface area contributed by atoms with E-state index >= 15 is 0 Å². The van der Waals surface area contributed by atoms with Gasteiger partial charge in [-0.1, -0.05) is 13.0 Å². The van der Waals surface area contributed by atoms with Crippen LogP contribution in [0.4, 0.5) is 0 Å². The maximum absolute atomic E-state index is 5.58. The minimum absolute atomic E-state index is 0. The van der Waals surface area contributed by atoms with E-state index < -0.39 is 0 Å².